The fourth-order valence-corrected chi connectivity index (χ4v) is 2.08. The van der Waals surface area contributed by atoms with Crippen LogP contribution in [0.1, 0.15) is 18.5 Å². The number of imidazole rings is 1. The molecule has 0 aliphatic carbocycles. The van der Waals surface area contributed by atoms with Crippen LogP contribution in [0.25, 0.3) is 0 Å². The van der Waals surface area contributed by atoms with Gasteiger partial charge in [-0.2, -0.15) is 0 Å². The van der Waals surface area contributed by atoms with E-state index >= 15 is 0 Å². The second kappa shape index (κ2) is 5.28. The van der Waals surface area contributed by atoms with E-state index in [0.717, 1.165) is 32.1 Å². The lowest BCUT2D eigenvalue weighted by Crippen LogP contribution is -2.21. The number of nitrogens with two attached hydrogens (primary N) is 1. The second-order valence-electron chi connectivity index (χ2n) is 4.13. The molecule has 2 N–H and O–H groups in total. The average molecular weight is 209 g/mol. The summed E-state index contributed by atoms with van der Waals surface area (Å²) in [7, 11) is 0. The summed E-state index contributed by atoms with van der Waals surface area (Å²) in [4.78, 5) is 4.18. The monoisotopic (exact) mass is 209 g/mol. The van der Waals surface area contributed by atoms with Crippen molar-refractivity contribution in [3.8, 4) is 0 Å². The molecule has 4 heteroatoms. The van der Waals surface area contributed by atoms with Crippen LogP contribution in [0, 0.1) is 5.92 Å². The number of aromatic nitrogens is 2. The normalized spacial score (nSPS) is 18.2. The molecule has 1 aromatic heterocycles. The third-order valence-electron chi connectivity index (χ3n) is 2.99. The van der Waals surface area contributed by atoms with E-state index in [-0.39, 0.29) is 0 Å². The van der Waals surface area contributed by atoms with Gasteiger partial charge in [0.15, 0.2) is 0 Å². The predicted octanol–water partition coefficient (Wildman–Crippen LogP) is 0.811. The molecule has 0 saturated carbocycles. The lowest BCUT2D eigenvalue weighted by molar-refractivity contribution is 0.0610. The summed E-state index contributed by atoms with van der Waals surface area (Å²) in [5.74, 6) is 0.740. The summed E-state index contributed by atoms with van der Waals surface area (Å²) in [6.07, 6.45) is 7.09. The summed E-state index contributed by atoms with van der Waals surface area (Å²) in [5.41, 5.74) is 6.81. The Morgan fingerprint density at radius 3 is 3.00 bits per heavy atom. The molecule has 0 spiro atoms. The van der Waals surface area contributed by atoms with Crippen molar-refractivity contribution < 1.29 is 4.74 Å². The highest BCUT2D eigenvalue weighted by molar-refractivity contribution is 4.99. The number of hydrogen-bond acceptors (Lipinski definition) is 3. The minimum atomic E-state index is 0.694. The molecule has 1 saturated heterocycles. The van der Waals surface area contributed by atoms with Crippen LogP contribution in [-0.4, -0.2) is 29.3 Å². The summed E-state index contributed by atoms with van der Waals surface area (Å²) in [5, 5.41) is 0. The molecular formula is C11H19N3O. The lowest BCUT2D eigenvalue weighted by atomic mass is 10.0. The highest BCUT2D eigenvalue weighted by Crippen LogP contribution is 2.17. The van der Waals surface area contributed by atoms with E-state index in [1.165, 1.54) is 18.5 Å². The van der Waals surface area contributed by atoms with Crippen LogP contribution in [0.3, 0.4) is 0 Å². The maximum Gasteiger partial charge on any atom is 0.0948 e. The topological polar surface area (TPSA) is 53.1 Å². The molecule has 4 nitrogen and oxygen atoms in total. The van der Waals surface area contributed by atoms with Crippen LogP contribution in [0.2, 0.25) is 0 Å². The van der Waals surface area contributed by atoms with Gasteiger partial charge in [0.2, 0.25) is 0 Å². The zero-order chi connectivity index (χ0) is 10.5. The van der Waals surface area contributed by atoms with Gasteiger partial charge in [-0.15, -0.1) is 0 Å². The molecule has 15 heavy (non-hydrogen) atoms. The van der Waals surface area contributed by atoms with Crippen LogP contribution >= 0.6 is 0 Å². The van der Waals surface area contributed by atoms with Gasteiger partial charge in [0, 0.05) is 38.1 Å². The van der Waals surface area contributed by atoms with E-state index in [9.17, 15) is 0 Å². The van der Waals surface area contributed by atoms with Gasteiger partial charge in [0.25, 0.3) is 0 Å². The lowest BCUT2D eigenvalue weighted by Gasteiger charge is -2.23. The molecular weight excluding hydrogens is 190 g/mol. The Morgan fingerprint density at radius 2 is 2.27 bits per heavy atom. The summed E-state index contributed by atoms with van der Waals surface area (Å²) in [6, 6.07) is 0. The van der Waals surface area contributed by atoms with Crippen molar-refractivity contribution in [1.82, 2.24) is 9.55 Å². The van der Waals surface area contributed by atoms with Crippen LogP contribution in [0.5, 0.6) is 0 Å². The second-order valence-corrected chi connectivity index (χ2v) is 4.13. The van der Waals surface area contributed by atoms with Gasteiger partial charge < -0.3 is 15.0 Å². The molecule has 0 atom stereocenters. The van der Waals surface area contributed by atoms with Crippen LogP contribution in [0.4, 0.5) is 0 Å². The molecule has 1 fully saturated rings. The smallest absolute Gasteiger partial charge is 0.0948 e. The SMILES string of the molecule is NCCc1cncn1CC1CCOCC1. The van der Waals surface area contributed by atoms with E-state index in [2.05, 4.69) is 9.55 Å². The summed E-state index contributed by atoms with van der Waals surface area (Å²) < 4.78 is 7.59. The Hall–Kier alpha value is -0.870. The van der Waals surface area contributed by atoms with E-state index < -0.39 is 0 Å². The number of nitrogens with zero attached hydrogens (tertiary/aromatic N) is 2. The van der Waals surface area contributed by atoms with Gasteiger partial charge in [-0.05, 0) is 25.3 Å². The Kier molecular flexibility index (Phi) is 3.75. The number of hydrogen-bond donors (Lipinski definition) is 1. The van der Waals surface area contributed by atoms with Gasteiger partial charge in [-0.1, -0.05) is 0 Å². The molecule has 2 rings (SSSR count). The maximum absolute atomic E-state index is 5.56. The van der Waals surface area contributed by atoms with Crippen molar-refractivity contribution in [1.29, 1.82) is 0 Å². The molecule has 1 aliphatic rings. The molecule has 1 aliphatic heterocycles. The first-order valence-electron chi connectivity index (χ1n) is 5.67. The minimum Gasteiger partial charge on any atom is -0.381 e. The summed E-state index contributed by atoms with van der Waals surface area (Å²) in [6.45, 7) is 3.58. The maximum atomic E-state index is 5.56. The van der Waals surface area contributed by atoms with Gasteiger partial charge in [0.1, 0.15) is 0 Å². The first-order chi connectivity index (χ1) is 7.40. The Bertz CT molecular complexity index is 292. The quantitative estimate of drug-likeness (QED) is 0.798. The van der Waals surface area contributed by atoms with E-state index in [1.807, 2.05) is 12.5 Å². The molecule has 1 aromatic rings. The van der Waals surface area contributed by atoms with E-state index in [1.54, 1.807) is 0 Å². The third kappa shape index (κ3) is 2.79. The zero-order valence-corrected chi connectivity index (χ0v) is 9.06. The highest BCUT2D eigenvalue weighted by Gasteiger charge is 2.15. The molecule has 0 bridgehead atoms. The first-order valence-corrected chi connectivity index (χ1v) is 5.67. The van der Waals surface area contributed by atoms with Crippen molar-refractivity contribution in [3.63, 3.8) is 0 Å². The van der Waals surface area contributed by atoms with Crippen molar-refractivity contribution in [3.05, 3.63) is 18.2 Å². The van der Waals surface area contributed by atoms with Gasteiger partial charge >= 0.3 is 0 Å². The molecule has 84 valence electrons. The molecule has 2 heterocycles. The predicted molar refractivity (Wildman–Crippen MR) is 58.5 cm³/mol. The molecule has 0 radical (unpaired) electrons. The number of rotatable bonds is 4. The van der Waals surface area contributed by atoms with Crippen LogP contribution < -0.4 is 5.73 Å². The van der Waals surface area contributed by atoms with Crippen molar-refractivity contribution >= 4 is 0 Å². The van der Waals surface area contributed by atoms with Gasteiger partial charge in [0.05, 0.1) is 6.33 Å². The van der Waals surface area contributed by atoms with E-state index in [4.69, 9.17) is 10.5 Å². The molecule has 0 amide bonds. The molecule has 0 unspecified atom stereocenters. The van der Waals surface area contributed by atoms with Gasteiger partial charge in [-0.3, -0.25) is 0 Å². The fraction of sp³-hybridized carbons (Fsp3) is 0.727. The van der Waals surface area contributed by atoms with Crippen LogP contribution in [-0.2, 0) is 17.7 Å². The highest BCUT2D eigenvalue weighted by atomic mass is 16.5. The average Bonchev–Trinajstić information content (AvgIpc) is 2.68. The Labute approximate surface area is 90.4 Å². The van der Waals surface area contributed by atoms with E-state index in [0.29, 0.717) is 6.54 Å². The zero-order valence-electron chi connectivity index (χ0n) is 9.06. The van der Waals surface area contributed by atoms with Crippen molar-refractivity contribution in [2.24, 2.45) is 11.7 Å². The molecule has 0 aromatic carbocycles. The standard InChI is InChI=1S/C11H19N3O/c12-4-1-11-7-13-9-14(11)8-10-2-5-15-6-3-10/h7,9-10H,1-6,8,12H2. The third-order valence-corrected chi connectivity index (χ3v) is 2.99. The first kappa shape index (κ1) is 10.6. The summed E-state index contributed by atoms with van der Waals surface area (Å²) >= 11 is 0. The number of ether oxygens (including phenoxy) is 1. The Balaban J connectivity index is 1.93. The van der Waals surface area contributed by atoms with Crippen LogP contribution in [0.15, 0.2) is 12.5 Å². The minimum absolute atomic E-state index is 0.694. The largest absolute Gasteiger partial charge is 0.381 e. The van der Waals surface area contributed by atoms with Gasteiger partial charge in [-0.25, -0.2) is 4.98 Å². The van der Waals surface area contributed by atoms with Crippen molar-refractivity contribution in [2.45, 2.75) is 25.8 Å². The fourth-order valence-electron chi connectivity index (χ4n) is 2.08. The Morgan fingerprint density at radius 1 is 1.47 bits per heavy atom. The van der Waals surface area contributed by atoms with Crippen molar-refractivity contribution in [2.75, 3.05) is 19.8 Å².